The fourth-order valence-corrected chi connectivity index (χ4v) is 5.18. The predicted octanol–water partition coefficient (Wildman–Crippen LogP) is 6.51. The number of carbonyl (C=O) groups excluding carboxylic acids is 2. The SMILES string of the molecule is C=Cc1cc(C)c(NC(=O)Nc2cc3ccccc3cc2C(=O)N[C@H](C(=O)O)C2CCCCC2)c(C)c1. The van der Waals surface area contributed by atoms with Crippen molar-refractivity contribution >= 4 is 46.1 Å². The number of aryl methyl sites for hydroxylation is 2. The maximum atomic E-state index is 13.4. The maximum Gasteiger partial charge on any atom is 0.326 e. The number of hydrogen-bond donors (Lipinski definition) is 4. The molecule has 7 heteroatoms. The van der Waals surface area contributed by atoms with Gasteiger partial charge in [-0.3, -0.25) is 4.79 Å². The van der Waals surface area contributed by atoms with Gasteiger partial charge in [-0.2, -0.15) is 0 Å². The third-order valence-electron chi connectivity index (χ3n) is 7.08. The Labute approximate surface area is 217 Å². The van der Waals surface area contributed by atoms with Crippen LogP contribution in [0.3, 0.4) is 0 Å². The highest BCUT2D eigenvalue weighted by molar-refractivity contribution is 6.10. The van der Waals surface area contributed by atoms with Crippen LogP contribution in [0, 0.1) is 19.8 Å². The van der Waals surface area contributed by atoms with E-state index in [4.69, 9.17) is 0 Å². The minimum atomic E-state index is -1.04. The van der Waals surface area contributed by atoms with E-state index in [1.54, 1.807) is 18.2 Å². The third kappa shape index (κ3) is 6.00. The zero-order valence-electron chi connectivity index (χ0n) is 21.3. The van der Waals surface area contributed by atoms with Gasteiger partial charge in [0.25, 0.3) is 5.91 Å². The second-order valence-electron chi connectivity index (χ2n) is 9.75. The molecule has 0 heterocycles. The van der Waals surface area contributed by atoms with E-state index in [-0.39, 0.29) is 11.5 Å². The summed E-state index contributed by atoms with van der Waals surface area (Å²) in [6.45, 7) is 7.61. The van der Waals surface area contributed by atoms with E-state index in [1.807, 2.05) is 50.2 Å². The summed E-state index contributed by atoms with van der Waals surface area (Å²) in [6, 6.07) is 13.3. The summed E-state index contributed by atoms with van der Waals surface area (Å²) in [4.78, 5) is 38.5. The summed E-state index contributed by atoms with van der Waals surface area (Å²) >= 11 is 0. The molecule has 3 amide bonds. The molecule has 0 unspecified atom stereocenters. The van der Waals surface area contributed by atoms with Crippen LogP contribution in [0.5, 0.6) is 0 Å². The Bertz CT molecular complexity index is 1340. The lowest BCUT2D eigenvalue weighted by atomic mass is 9.83. The van der Waals surface area contributed by atoms with Gasteiger partial charge in [0.05, 0.1) is 11.3 Å². The van der Waals surface area contributed by atoms with Crippen molar-refractivity contribution in [3.05, 3.63) is 77.4 Å². The molecule has 7 nitrogen and oxygen atoms in total. The molecule has 3 aromatic carbocycles. The first kappa shape index (κ1) is 25.9. The van der Waals surface area contributed by atoms with Crippen LogP contribution in [0.2, 0.25) is 0 Å². The van der Waals surface area contributed by atoms with Gasteiger partial charge < -0.3 is 21.1 Å². The monoisotopic (exact) mass is 499 g/mol. The zero-order chi connectivity index (χ0) is 26.5. The number of urea groups is 1. The van der Waals surface area contributed by atoms with E-state index in [2.05, 4.69) is 22.5 Å². The van der Waals surface area contributed by atoms with Gasteiger partial charge in [0.2, 0.25) is 0 Å². The molecular formula is C30H33N3O4. The second-order valence-corrected chi connectivity index (χ2v) is 9.75. The molecule has 1 fully saturated rings. The summed E-state index contributed by atoms with van der Waals surface area (Å²) in [7, 11) is 0. The van der Waals surface area contributed by atoms with E-state index in [0.29, 0.717) is 11.4 Å². The highest BCUT2D eigenvalue weighted by Gasteiger charge is 2.31. The van der Waals surface area contributed by atoms with Crippen LogP contribution >= 0.6 is 0 Å². The number of nitrogens with one attached hydrogen (secondary N) is 3. The minimum Gasteiger partial charge on any atom is -0.480 e. The number of amides is 3. The summed E-state index contributed by atoms with van der Waals surface area (Å²) in [6.07, 6.45) is 6.29. The Kier molecular flexibility index (Phi) is 7.92. The van der Waals surface area contributed by atoms with Crippen LogP contribution in [0.15, 0.2) is 55.1 Å². The number of fused-ring (bicyclic) bond motifs is 1. The summed E-state index contributed by atoms with van der Waals surface area (Å²) in [5, 5.41) is 20.0. The van der Waals surface area contributed by atoms with Crippen LogP contribution in [-0.2, 0) is 4.79 Å². The van der Waals surface area contributed by atoms with Crippen LogP contribution in [-0.4, -0.2) is 29.1 Å². The van der Waals surface area contributed by atoms with Crippen molar-refractivity contribution < 1.29 is 19.5 Å². The van der Waals surface area contributed by atoms with E-state index >= 15 is 0 Å². The van der Waals surface area contributed by atoms with Gasteiger partial charge in [0.15, 0.2) is 0 Å². The largest absolute Gasteiger partial charge is 0.480 e. The Hall–Kier alpha value is -4.13. The van der Waals surface area contributed by atoms with E-state index in [0.717, 1.165) is 59.6 Å². The normalized spacial score (nSPS) is 14.5. The molecule has 1 atom stereocenters. The zero-order valence-corrected chi connectivity index (χ0v) is 21.3. The number of carboxylic acid groups (broad SMARTS) is 1. The molecule has 0 spiro atoms. The van der Waals surface area contributed by atoms with Crippen LogP contribution in [0.25, 0.3) is 16.8 Å². The lowest BCUT2D eigenvalue weighted by Gasteiger charge is -2.28. The molecule has 0 saturated heterocycles. The van der Waals surface area contributed by atoms with Gasteiger partial charge >= 0.3 is 12.0 Å². The number of carboxylic acids is 1. The molecule has 0 bridgehead atoms. The van der Waals surface area contributed by atoms with Crippen molar-refractivity contribution in [2.24, 2.45) is 5.92 Å². The van der Waals surface area contributed by atoms with Crippen LogP contribution in [0.1, 0.15) is 59.2 Å². The van der Waals surface area contributed by atoms with E-state index in [9.17, 15) is 19.5 Å². The van der Waals surface area contributed by atoms with Crippen molar-refractivity contribution in [3.63, 3.8) is 0 Å². The Morgan fingerprint density at radius 3 is 2.16 bits per heavy atom. The molecule has 0 aromatic heterocycles. The van der Waals surface area contributed by atoms with Gasteiger partial charge in [-0.1, -0.05) is 56.2 Å². The first-order chi connectivity index (χ1) is 17.8. The number of benzene rings is 3. The highest BCUT2D eigenvalue weighted by Crippen LogP contribution is 2.29. The number of anilines is 2. The average molecular weight is 500 g/mol. The molecule has 4 rings (SSSR count). The van der Waals surface area contributed by atoms with Crippen molar-refractivity contribution in [1.82, 2.24) is 5.32 Å². The van der Waals surface area contributed by atoms with Gasteiger partial charge in [-0.15, -0.1) is 0 Å². The van der Waals surface area contributed by atoms with Crippen LogP contribution in [0.4, 0.5) is 16.2 Å². The molecule has 37 heavy (non-hydrogen) atoms. The van der Waals surface area contributed by atoms with Gasteiger partial charge in [0, 0.05) is 5.69 Å². The minimum absolute atomic E-state index is 0.111. The molecule has 0 aliphatic heterocycles. The molecule has 1 aliphatic rings. The lowest BCUT2D eigenvalue weighted by molar-refractivity contribution is -0.141. The predicted molar refractivity (Wildman–Crippen MR) is 148 cm³/mol. The number of aliphatic carboxylic acids is 1. The Morgan fingerprint density at radius 1 is 0.946 bits per heavy atom. The van der Waals surface area contributed by atoms with Crippen LogP contribution < -0.4 is 16.0 Å². The number of hydrogen-bond acceptors (Lipinski definition) is 3. The second kappa shape index (κ2) is 11.3. The Balaban J connectivity index is 1.62. The molecule has 4 N–H and O–H groups in total. The van der Waals surface area contributed by atoms with Crippen molar-refractivity contribution in [2.75, 3.05) is 10.6 Å². The Morgan fingerprint density at radius 2 is 1.57 bits per heavy atom. The number of rotatable bonds is 7. The molecule has 0 radical (unpaired) electrons. The quantitative estimate of drug-likeness (QED) is 0.297. The van der Waals surface area contributed by atoms with E-state index < -0.39 is 23.9 Å². The smallest absolute Gasteiger partial charge is 0.326 e. The fraction of sp³-hybridized carbons (Fsp3) is 0.300. The molecular weight excluding hydrogens is 466 g/mol. The van der Waals surface area contributed by atoms with Crippen molar-refractivity contribution in [2.45, 2.75) is 52.0 Å². The van der Waals surface area contributed by atoms with Gasteiger partial charge in [-0.05, 0) is 84.3 Å². The highest BCUT2D eigenvalue weighted by atomic mass is 16.4. The summed E-state index contributed by atoms with van der Waals surface area (Å²) in [5.74, 6) is -1.68. The third-order valence-corrected chi connectivity index (χ3v) is 7.08. The van der Waals surface area contributed by atoms with Gasteiger partial charge in [0.1, 0.15) is 6.04 Å². The summed E-state index contributed by atoms with van der Waals surface area (Å²) in [5.41, 5.74) is 3.93. The standard InChI is InChI=1S/C30H33N3O4/c1-4-20-14-18(2)26(19(3)15-20)33-30(37)31-25-17-23-13-9-8-12-22(23)16-24(25)28(34)32-27(29(35)36)21-10-6-5-7-11-21/h4,8-9,12-17,21,27H,1,5-7,10-11H2,2-3H3,(H,32,34)(H,35,36)(H2,31,33,37)/t27-/m0/s1. The topological polar surface area (TPSA) is 108 Å². The molecule has 1 aliphatic carbocycles. The molecule has 1 saturated carbocycles. The van der Waals surface area contributed by atoms with Crippen molar-refractivity contribution in [3.8, 4) is 0 Å². The van der Waals surface area contributed by atoms with Crippen molar-refractivity contribution in [1.29, 1.82) is 0 Å². The summed E-state index contributed by atoms with van der Waals surface area (Å²) < 4.78 is 0. The fourth-order valence-electron chi connectivity index (χ4n) is 5.18. The molecule has 3 aromatic rings. The van der Waals surface area contributed by atoms with E-state index in [1.165, 1.54) is 0 Å². The molecule has 192 valence electrons. The average Bonchev–Trinajstić information content (AvgIpc) is 2.89. The number of carbonyl (C=O) groups is 3. The lowest BCUT2D eigenvalue weighted by Crippen LogP contribution is -2.46. The first-order valence-electron chi connectivity index (χ1n) is 12.6. The maximum absolute atomic E-state index is 13.4. The van der Waals surface area contributed by atoms with Gasteiger partial charge in [-0.25, -0.2) is 9.59 Å². The first-order valence-corrected chi connectivity index (χ1v) is 12.6.